The summed E-state index contributed by atoms with van der Waals surface area (Å²) >= 11 is 7.35. The lowest BCUT2D eigenvalue weighted by Gasteiger charge is -2.04. The number of carbonyl (C=O) groups is 1. The molecule has 106 valence electrons. The van der Waals surface area contributed by atoms with E-state index in [4.69, 9.17) is 11.6 Å². The van der Waals surface area contributed by atoms with Gasteiger partial charge in [0.1, 0.15) is 11.6 Å². The maximum absolute atomic E-state index is 13.8. The van der Waals surface area contributed by atoms with Crippen LogP contribution in [-0.4, -0.2) is 5.78 Å². The van der Waals surface area contributed by atoms with E-state index < -0.39 is 5.82 Å². The van der Waals surface area contributed by atoms with Crippen molar-refractivity contribution < 1.29 is 9.18 Å². The van der Waals surface area contributed by atoms with Crippen LogP contribution in [0, 0.1) is 5.82 Å². The van der Waals surface area contributed by atoms with E-state index in [1.54, 1.807) is 23.5 Å². The smallest absolute Gasteiger partial charge is 0.145 e. The van der Waals surface area contributed by atoms with Gasteiger partial charge in [0, 0.05) is 17.5 Å². The number of benzene rings is 2. The third-order valence-corrected chi connectivity index (χ3v) is 4.67. The van der Waals surface area contributed by atoms with Gasteiger partial charge in [-0.1, -0.05) is 41.9 Å². The lowest BCUT2D eigenvalue weighted by Crippen LogP contribution is -2.07. The SMILES string of the molecule is O=C(Cc1cccc(Cl)c1F)Cc1csc2ccccc12. The topological polar surface area (TPSA) is 17.1 Å². The molecule has 0 atom stereocenters. The Bertz CT molecular complexity index is 809. The Morgan fingerprint density at radius 2 is 1.81 bits per heavy atom. The fourth-order valence-corrected chi connectivity index (χ4v) is 3.50. The van der Waals surface area contributed by atoms with Gasteiger partial charge in [-0.25, -0.2) is 4.39 Å². The Balaban J connectivity index is 1.79. The number of rotatable bonds is 4. The molecule has 0 aliphatic carbocycles. The molecule has 1 heterocycles. The molecule has 2 aromatic carbocycles. The maximum atomic E-state index is 13.8. The first-order valence-corrected chi connectivity index (χ1v) is 7.80. The van der Waals surface area contributed by atoms with Crippen molar-refractivity contribution in [2.24, 2.45) is 0 Å². The number of ketones is 1. The second-order valence-electron chi connectivity index (χ2n) is 4.86. The van der Waals surface area contributed by atoms with E-state index >= 15 is 0 Å². The molecule has 0 saturated carbocycles. The molecule has 0 unspecified atom stereocenters. The van der Waals surface area contributed by atoms with E-state index in [9.17, 15) is 9.18 Å². The fourth-order valence-electron chi connectivity index (χ4n) is 2.34. The number of halogens is 2. The maximum Gasteiger partial charge on any atom is 0.145 e. The molecular formula is C17H12ClFOS. The molecule has 0 radical (unpaired) electrons. The van der Waals surface area contributed by atoms with Gasteiger partial charge in [-0.3, -0.25) is 4.79 Å². The Hall–Kier alpha value is -1.71. The Kier molecular flexibility index (Phi) is 4.04. The first-order valence-electron chi connectivity index (χ1n) is 6.55. The second-order valence-corrected chi connectivity index (χ2v) is 6.18. The zero-order valence-electron chi connectivity index (χ0n) is 11.1. The van der Waals surface area contributed by atoms with Crippen molar-refractivity contribution in [1.82, 2.24) is 0 Å². The second kappa shape index (κ2) is 5.96. The summed E-state index contributed by atoms with van der Waals surface area (Å²) in [5.41, 5.74) is 1.36. The molecule has 0 aliphatic heterocycles. The van der Waals surface area contributed by atoms with Crippen LogP contribution in [-0.2, 0) is 17.6 Å². The van der Waals surface area contributed by atoms with Crippen LogP contribution in [0.1, 0.15) is 11.1 Å². The molecule has 0 N–H and O–H groups in total. The molecule has 0 amide bonds. The standard InChI is InChI=1S/C17H12ClFOS/c18-15-6-3-4-11(17(15)19)8-13(20)9-12-10-21-16-7-2-1-5-14(12)16/h1-7,10H,8-9H2. The van der Waals surface area contributed by atoms with Crippen LogP contribution in [0.3, 0.4) is 0 Å². The number of carbonyl (C=O) groups excluding carboxylic acids is 1. The lowest BCUT2D eigenvalue weighted by atomic mass is 10.0. The van der Waals surface area contributed by atoms with Crippen molar-refractivity contribution in [2.45, 2.75) is 12.8 Å². The highest BCUT2D eigenvalue weighted by molar-refractivity contribution is 7.17. The Morgan fingerprint density at radius 3 is 2.67 bits per heavy atom. The molecule has 0 fully saturated rings. The molecule has 1 nitrogen and oxygen atoms in total. The third kappa shape index (κ3) is 2.99. The molecule has 1 aromatic heterocycles. The zero-order chi connectivity index (χ0) is 14.8. The third-order valence-electron chi connectivity index (χ3n) is 3.37. The summed E-state index contributed by atoms with van der Waals surface area (Å²) in [6, 6.07) is 12.7. The molecular weight excluding hydrogens is 307 g/mol. The fraction of sp³-hybridized carbons (Fsp3) is 0.118. The van der Waals surface area contributed by atoms with Crippen molar-refractivity contribution in [1.29, 1.82) is 0 Å². The minimum Gasteiger partial charge on any atom is -0.299 e. The van der Waals surface area contributed by atoms with Crippen LogP contribution in [0.5, 0.6) is 0 Å². The first kappa shape index (κ1) is 14.2. The van der Waals surface area contributed by atoms with E-state index in [0.717, 1.165) is 15.6 Å². The van der Waals surface area contributed by atoms with Gasteiger partial charge in [0.25, 0.3) is 0 Å². The number of hydrogen-bond donors (Lipinski definition) is 0. The summed E-state index contributed by atoms with van der Waals surface area (Å²) < 4.78 is 15.0. The number of fused-ring (bicyclic) bond motifs is 1. The van der Waals surface area contributed by atoms with Gasteiger partial charge in [-0.05, 0) is 34.0 Å². The van der Waals surface area contributed by atoms with E-state index in [1.807, 2.05) is 29.6 Å². The van der Waals surface area contributed by atoms with Crippen molar-refractivity contribution >= 4 is 38.8 Å². The van der Waals surface area contributed by atoms with Gasteiger partial charge in [0.05, 0.1) is 5.02 Å². The summed E-state index contributed by atoms with van der Waals surface area (Å²) in [6.07, 6.45) is 0.381. The normalized spacial score (nSPS) is 11.0. The van der Waals surface area contributed by atoms with Gasteiger partial charge < -0.3 is 0 Å². The predicted octanol–water partition coefficient (Wildman–Crippen LogP) is 5.05. The first-order chi connectivity index (χ1) is 10.1. The minimum atomic E-state index is -0.498. The van der Waals surface area contributed by atoms with Gasteiger partial charge in [-0.2, -0.15) is 0 Å². The highest BCUT2D eigenvalue weighted by atomic mass is 35.5. The van der Waals surface area contributed by atoms with Crippen LogP contribution >= 0.6 is 22.9 Å². The number of Topliss-reactive ketones (excluding diaryl/α,β-unsaturated/α-hetero) is 1. The molecule has 0 spiro atoms. The summed E-state index contributed by atoms with van der Waals surface area (Å²) in [5, 5.41) is 3.15. The van der Waals surface area contributed by atoms with Crippen LogP contribution in [0.2, 0.25) is 5.02 Å². The van der Waals surface area contributed by atoms with Crippen LogP contribution in [0.4, 0.5) is 4.39 Å². The van der Waals surface area contributed by atoms with Gasteiger partial charge in [0.2, 0.25) is 0 Å². The summed E-state index contributed by atoms with van der Waals surface area (Å²) in [4.78, 5) is 12.2. The van der Waals surface area contributed by atoms with Gasteiger partial charge in [0.15, 0.2) is 0 Å². The Labute approximate surface area is 131 Å². The van der Waals surface area contributed by atoms with Crippen LogP contribution in [0.25, 0.3) is 10.1 Å². The van der Waals surface area contributed by atoms with Crippen molar-refractivity contribution in [3.05, 3.63) is 69.8 Å². The highest BCUT2D eigenvalue weighted by Crippen LogP contribution is 2.26. The molecule has 3 aromatic rings. The monoisotopic (exact) mass is 318 g/mol. The average Bonchev–Trinajstić information content (AvgIpc) is 2.87. The molecule has 4 heteroatoms. The van der Waals surface area contributed by atoms with Crippen molar-refractivity contribution in [3.63, 3.8) is 0 Å². The predicted molar refractivity (Wildman–Crippen MR) is 85.7 cm³/mol. The molecule has 21 heavy (non-hydrogen) atoms. The van der Waals surface area contributed by atoms with E-state index in [2.05, 4.69) is 0 Å². The van der Waals surface area contributed by atoms with E-state index in [-0.39, 0.29) is 17.2 Å². The average molecular weight is 319 g/mol. The molecule has 0 saturated heterocycles. The summed E-state index contributed by atoms with van der Waals surface area (Å²) in [5.74, 6) is -0.512. The quantitative estimate of drug-likeness (QED) is 0.658. The van der Waals surface area contributed by atoms with Gasteiger partial charge in [-0.15, -0.1) is 11.3 Å². The van der Waals surface area contributed by atoms with Crippen LogP contribution < -0.4 is 0 Å². The van der Waals surface area contributed by atoms with Crippen molar-refractivity contribution in [2.75, 3.05) is 0 Å². The van der Waals surface area contributed by atoms with E-state index in [1.165, 1.54) is 6.07 Å². The summed E-state index contributed by atoms with van der Waals surface area (Å²) in [7, 11) is 0. The molecule has 3 rings (SSSR count). The minimum absolute atomic E-state index is 0.0141. The number of thiophene rings is 1. The zero-order valence-corrected chi connectivity index (χ0v) is 12.7. The summed E-state index contributed by atoms with van der Waals surface area (Å²) in [6.45, 7) is 0. The van der Waals surface area contributed by atoms with Gasteiger partial charge >= 0.3 is 0 Å². The largest absolute Gasteiger partial charge is 0.299 e. The Morgan fingerprint density at radius 1 is 1.05 bits per heavy atom. The lowest BCUT2D eigenvalue weighted by molar-refractivity contribution is -0.117. The van der Waals surface area contributed by atoms with E-state index in [0.29, 0.717) is 12.0 Å². The molecule has 0 bridgehead atoms. The van der Waals surface area contributed by atoms with Crippen molar-refractivity contribution in [3.8, 4) is 0 Å². The van der Waals surface area contributed by atoms with Crippen LogP contribution in [0.15, 0.2) is 47.8 Å². The molecule has 0 aliphatic rings. The highest BCUT2D eigenvalue weighted by Gasteiger charge is 2.13. The number of hydrogen-bond acceptors (Lipinski definition) is 2.